The van der Waals surface area contributed by atoms with Crippen molar-refractivity contribution >= 4 is 5.91 Å². The fourth-order valence-electron chi connectivity index (χ4n) is 8.48. The van der Waals surface area contributed by atoms with E-state index in [9.17, 15) is 45.6 Å². The second kappa shape index (κ2) is 46.3. The largest absolute Gasteiger partial charge is 0.394 e. The number of aliphatic hydroxyl groups excluding tert-OH is 8. The number of allylic oxidation sites excluding steroid dienone is 19. The summed E-state index contributed by atoms with van der Waals surface area (Å²) >= 11 is 0. The molecule has 0 aliphatic carbocycles. The average Bonchev–Trinajstić information content (AvgIpc) is 3.42. The van der Waals surface area contributed by atoms with Gasteiger partial charge in [0.2, 0.25) is 5.91 Å². The lowest BCUT2D eigenvalue weighted by atomic mass is 9.97. The van der Waals surface area contributed by atoms with Crippen LogP contribution < -0.4 is 5.32 Å². The van der Waals surface area contributed by atoms with Crippen LogP contribution in [0.25, 0.3) is 0 Å². The number of hydrogen-bond acceptors (Lipinski definition) is 13. The van der Waals surface area contributed by atoms with Crippen LogP contribution in [0.4, 0.5) is 0 Å². The number of unbranched alkanes of at least 4 members (excludes halogenated alkanes) is 12. The average molecular weight is 1070 g/mol. The summed E-state index contributed by atoms with van der Waals surface area (Å²) in [4.78, 5) is 13.2. The Bertz CT molecular complexity index is 1730. The van der Waals surface area contributed by atoms with Crippen molar-refractivity contribution in [2.45, 2.75) is 242 Å². The number of carbonyl (C=O) groups is 1. The number of carbonyl (C=O) groups excluding carboxylic acids is 1. The van der Waals surface area contributed by atoms with Gasteiger partial charge in [0, 0.05) is 6.42 Å². The molecule has 0 radical (unpaired) electrons. The lowest BCUT2D eigenvalue weighted by Gasteiger charge is -2.46. The van der Waals surface area contributed by atoms with Gasteiger partial charge in [-0.25, -0.2) is 0 Å². The maximum atomic E-state index is 13.2. The SMILES string of the molecule is CC/C=C\C/C=C\C/C=C\C/C=C\C/C=C\C/C=C\C/C=C\CCCCCCCCCC(=O)NC(COC1OC(CO)C(OC2OC(CO)C(O)C(O)C2O)C(O)C1O)C(O)/C=C/CC/C=C/CC/C=C/CCCCC. The zero-order valence-electron chi connectivity index (χ0n) is 46.2. The standard InChI is InChI=1S/C62H101NO13/c1-3-5-7-9-11-13-15-17-18-19-20-21-22-23-24-25-26-27-28-29-30-31-32-34-36-38-40-42-44-46-54(67)63-50(51(66)45-43-41-39-37-35-33-16-14-12-10-8-6-4-2)49-73-61-59(72)57(70)60(53(48-65)75-61)76-62-58(71)56(69)55(68)52(47-64)74-62/h5,7,11-14,17-18,20-21,23-24,26-27,29-30,35,37,43,45,50-53,55-62,64-66,68-72H,3-4,6,8-10,15-16,19,22,25,28,31-34,36,38-42,44,46-49H2,1-2H3,(H,63,67)/b7-5-,13-11-,14-12+,18-17-,21-20-,24-23-,27-26-,30-29-,37-35+,45-43+. The molecule has 2 saturated heterocycles. The summed E-state index contributed by atoms with van der Waals surface area (Å²) in [7, 11) is 0. The lowest BCUT2D eigenvalue weighted by molar-refractivity contribution is -0.359. The maximum Gasteiger partial charge on any atom is 0.220 e. The second-order valence-electron chi connectivity index (χ2n) is 19.7. The van der Waals surface area contributed by atoms with Gasteiger partial charge in [0.1, 0.15) is 48.8 Å². The summed E-state index contributed by atoms with van der Waals surface area (Å²) in [6.07, 6.45) is 49.5. The molecule has 14 nitrogen and oxygen atoms in total. The molecule has 2 rings (SSSR count). The molecule has 2 aliphatic rings. The number of ether oxygens (including phenoxy) is 4. The van der Waals surface area contributed by atoms with Gasteiger partial charge in [0.05, 0.1) is 32.0 Å². The van der Waals surface area contributed by atoms with Crippen LogP contribution in [-0.4, -0.2) is 140 Å². The predicted molar refractivity (Wildman–Crippen MR) is 304 cm³/mol. The summed E-state index contributed by atoms with van der Waals surface area (Å²) in [6.45, 7) is 2.58. The van der Waals surface area contributed by atoms with Crippen LogP contribution in [0.15, 0.2) is 122 Å². The highest BCUT2D eigenvalue weighted by Gasteiger charge is 2.51. The van der Waals surface area contributed by atoms with Crippen LogP contribution in [0.1, 0.15) is 168 Å². The molecule has 0 spiro atoms. The van der Waals surface area contributed by atoms with E-state index >= 15 is 0 Å². The van der Waals surface area contributed by atoms with Gasteiger partial charge >= 0.3 is 0 Å². The van der Waals surface area contributed by atoms with Crippen molar-refractivity contribution < 1.29 is 64.6 Å². The van der Waals surface area contributed by atoms with Crippen LogP contribution in [0.5, 0.6) is 0 Å². The minimum Gasteiger partial charge on any atom is -0.394 e. The van der Waals surface area contributed by atoms with Gasteiger partial charge in [-0.2, -0.15) is 0 Å². The van der Waals surface area contributed by atoms with Gasteiger partial charge in [0.15, 0.2) is 12.6 Å². The van der Waals surface area contributed by atoms with E-state index in [0.29, 0.717) is 12.8 Å². The molecule has 76 heavy (non-hydrogen) atoms. The summed E-state index contributed by atoms with van der Waals surface area (Å²) in [5.41, 5.74) is 0. The molecule has 0 saturated carbocycles. The van der Waals surface area contributed by atoms with Crippen molar-refractivity contribution in [2.24, 2.45) is 0 Å². The van der Waals surface area contributed by atoms with E-state index in [1.807, 2.05) is 6.08 Å². The van der Waals surface area contributed by atoms with Crippen LogP contribution >= 0.6 is 0 Å². The third-order valence-corrected chi connectivity index (χ3v) is 13.1. The van der Waals surface area contributed by atoms with Gasteiger partial charge in [-0.3, -0.25) is 4.79 Å². The lowest BCUT2D eigenvalue weighted by Crippen LogP contribution is -2.65. The molecule has 9 N–H and O–H groups in total. The number of hydrogen-bond donors (Lipinski definition) is 9. The van der Waals surface area contributed by atoms with Gasteiger partial charge < -0.3 is 65.1 Å². The van der Waals surface area contributed by atoms with E-state index in [1.54, 1.807) is 6.08 Å². The maximum absolute atomic E-state index is 13.2. The van der Waals surface area contributed by atoms with Gasteiger partial charge in [-0.15, -0.1) is 0 Å². The van der Waals surface area contributed by atoms with Crippen molar-refractivity contribution in [3.8, 4) is 0 Å². The molecule has 2 fully saturated rings. The molecule has 2 heterocycles. The van der Waals surface area contributed by atoms with E-state index < -0.39 is 86.8 Å². The Morgan fingerprint density at radius 2 is 0.921 bits per heavy atom. The summed E-state index contributed by atoms with van der Waals surface area (Å²) in [5.74, 6) is -0.273. The molecule has 12 unspecified atom stereocenters. The zero-order valence-corrected chi connectivity index (χ0v) is 46.2. The summed E-state index contributed by atoms with van der Waals surface area (Å²) < 4.78 is 22.7. The Morgan fingerprint density at radius 1 is 0.487 bits per heavy atom. The fourth-order valence-corrected chi connectivity index (χ4v) is 8.48. The Hall–Kier alpha value is -3.61. The zero-order chi connectivity index (χ0) is 55.3. The van der Waals surface area contributed by atoms with Crippen LogP contribution in [-0.2, 0) is 23.7 Å². The van der Waals surface area contributed by atoms with Crippen molar-refractivity contribution in [3.63, 3.8) is 0 Å². The first-order valence-electron chi connectivity index (χ1n) is 28.8. The first-order valence-corrected chi connectivity index (χ1v) is 28.8. The number of rotatable bonds is 43. The Kier molecular flexibility index (Phi) is 41.7. The third kappa shape index (κ3) is 31.7. The summed E-state index contributed by atoms with van der Waals surface area (Å²) in [6, 6.07) is -0.952. The first kappa shape index (κ1) is 68.5. The van der Waals surface area contributed by atoms with Crippen molar-refractivity contribution in [2.75, 3.05) is 19.8 Å². The Balaban J connectivity index is 1.75. The van der Waals surface area contributed by atoms with Crippen molar-refractivity contribution in [1.29, 1.82) is 0 Å². The van der Waals surface area contributed by atoms with E-state index in [1.165, 1.54) is 19.3 Å². The van der Waals surface area contributed by atoms with Crippen LogP contribution in [0, 0.1) is 0 Å². The van der Waals surface area contributed by atoms with E-state index in [4.69, 9.17) is 18.9 Å². The van der Waals surface area contributed by atoms with E-state index in [-0.39, 0.29) is 18.9 Å². The number of aliphatic hydroxyl groups is 8. The molecule has 0 aromatic heterocycles. The number of amides is 1. The monoisotopic (exact) mass is 1070 g/mol. The third-order valence-electron chi connectivity index (χ3n) is 13.1. The van der Waals surface area contributed by atoms with Crippen LogP contribution in [0.2, 0.25) is 0 Å². The highest BCUT2D eigenvalue weighted by molar-refractivity contribution is 5.76. The van der Waals surface area contributed by atoms with Crippen molar-refractivity contribution in [1.82, 2.24) is 5.32 Å². The van der Waals surface area contributed by atoms with E-state index in [0.717, 1.165) is 116 Å². The molecule has 0 bridgehead atoms. The normalized spacial score (nSPS) is 25.8. The highest BCUT2D eigenvalue weighted by atomic mass is 16.7. The fraction of sp³-hybridized carbons (Fsp3) is 0.661. The molecule has 14 heteroatoms. The molecule has 0 aromatic rings. The quantitative estimate of drug-likeness (QED) is 0.0205. The molecule has 1 amide bonds. The number of nitrogens with one attached hydrogen (secondary N) is 1. The minimum atomic E-state index is -1.80. The second-order valence-corrected chi connectivity index (χ2v) is 19.7. The summed E-state index contributed by atoms with van der Waals surface area (Å²) in [5, 5.41) is 86.9. The van der Waals surface area contributed by atoms with Gasteiger partial charge in [-0.1, -0.05) is 180 Å². The van der Waals surface area contributed by atoms with Gasteiger partial charge in [-0.05, 0) is 103 Å². The molecular weight excluding hydrogens is 967 g/mol. The molecule has 432 valence electrons. The Morgan fingerprint density at radius 3 is 1.45 bits per heavy atom. The van der Waals surface area contributed by atoms with E-state index in [2.05, 4.69) is 129 Å². The van der Waals surface area contributed by atoms with Gasteiger partial charge in [0.25, 0.3) is 0 Å². The predicted octanol–water partition coefficient (Wildman–Crippen LogP) is 9.44. The molecular formula is C62H101NO13. The Labute approximate surface area is 457 Å². The molecule has 2 aliphatic heterocycles. The first-order chi connectivity index (χ1) is 37.1. The molecule has 0 aromatic carbocycles. The topological polar surface area (TPSA) is 228 Å². The minimum absolute atomic E-state index is 0.248. The molecule has 12 atom stereocenters. The highest BCUT2D eigenvalue weighted by Crippen LogP contribution is 2.30. The van der Waals surface area contributed by atoms with Crippen LogP contribution in [0.3, 0.4) is 0 Å². The van der Waals surface area contributed by atoms with Crippen molar-refractivity contribution in [3.05, 3.63) is 122 Å². The smallest absolute Gasteiger partial charge is 0.220 e.